The van der Waals surface area contributed by atoms with Gasteiger partial charge < -0.3 is 10.1 Å². The highest BCUT2D eigenvalue weighted by atomic mass is 32.2. The highest BCUT2D eigenvalue weighted by molar-refractivity contribution is 7.90. The molecule has 94 valence electrons. The Morgan fingerprint density at radius 2 is 1.88 bits per heavy atom. The molecule has 1 aliphatic heterocycles. The van der Waals surface area contributed by atoms with Gasteiger partial charge in [-0.2, -0.15) is 0 Å². The van der Waals surface area contributed by atoms with Crippen LogP contribution in [-0.4, -0.2) is 34.4 Å². The zero-order valence-corrected chi connectivity index (χ0v) is 10.9. The van der Waals surface area contributed by atoms with Gasteiger partial charge in [-0.1, -0.05) is 6.92 Å². The number of sulfone groups is 1. The smallest absolute Gasteiger partial charge is 0.175 e. The van der Waals surface area contributed by atoms with Crippen LogP contribution in [-0.2, 0) is 14.6 Å². The second-order valence-corrected chi connectivity index (χ2v) is 6.97. The third-order valence-corrected chi connectivity index (χ3v) is 4.03. The van der Waals surface area contributed by atoms with Gasteiger partial charge in [0.15, 0.2) is 9.84 Å². The Balaban J connectivity index is 1.99. The highest BCUT2D eigenvalue weighted by Gasteiger charge is 2.32. The van der Waals surface area contributed by atoms with E-state index in [1.54, 1.807) is 24.3 Å². The van der Waals surface area contributed by atoms with Gasteiger partial charge in [-0.05, 0) is 24.3 Å². The standard InChI is InChI=1S/C12H17NO3S/c1-12(8-16-9-12)7-13-10-3-5-11(6-4-10)17(2,14)15/h3-6,13H,7-9H2,1-2H3. The molecule has 1 fully saturated rings. The first-order valence-corrected chi connectivity index (χ1v) is 7.40. The summed E-state index contributed by atoms with van der Waals surface area (Å²) in [5, 5.41) is 3.29. The minimum atomic E-state index is -3.10. The molecule has 17 heavy (non-hydrogen) atoms. The lowest BCUT2D eigenvalue weighted by Gasteiger charge is -2.38. The maximum Gasteiger partial charge on any atom is 0.175 e. The molecule has 0 amide bonds. The van der Waals surface area contributed by atoms with Crippen molar-refractivity contribution in [3.63, 3.8) is 0 Å². The number of anilines is 1. The van der Waals surface area contributed by atoms with Crippen molar-refractivity contribution in [2.45, 2.75) is 11.8 Å². The van der Waals surface area contributed by atoms with E-state index in [4.69, 9.17) is 4.74 Å². The summed E-state index contributed by atoms with van der Waals surface area (Å²) < 4.78 is 27.7. The van der Waals surface area contributed by atoms with E-state index in [2.05, 4.69) is 12.2 Å². The van der Waals surface area contributed by atoms with Crippen molar-refractivity contribution in [3.8, 4) is 0 Å². The maximum absolute atomic E-state index is 11.3. The van der Waals surface area contributed by atoms with Crippen molar-refractivity contribution in [2.75, 3.05) is 31.3 Å². The minimum absolute atomic E-state index is 0.204. The summed E-state index contributed by atoms with van der Waals surface area (Å²) in [5.41, 5.74) is 1.14. The van der Waals surface area contributed by atoms with Crippen LogP contribution in [0.15, 0.2) is 29.2 Å². The van der Waals surface area contributed by atoms with Gasteiger partial charge in [-0.3, -0.25) is 0 Å². The summed E-state index contributed by atoms with van der Waals surface area (Å²) in [6, 6.07) is 6.83. The Morgan fingerprint density at radius 3 is 2.29 bits per heavy atom. The van der Waals surface area contributed by atoms with Crippen molar-refractivity contribution >= 4 is 15.5 Å². The number of hydrogen-bond donors (Lipinski definition) is 1. The summed E-state index contributed by atoms with van der Waals surface area (Å²) >= 11 is 0. The van der Waals surface area contributed by atoms with Crippen LogP contribution in [0.4, 0.5) is 5.69 Å². The largest absolute Gasteiger partial charge is 0.384 e. The fourth-order valence-electron chi connectivity index (χ4n) is 1.69. The number of rotatable bonds is 4. The molecular formula is C12H17NO3S. The van der Waals surface area contributed by atoms with Crippen molar-refractivity contribution in [1.29, 1.82) is 0 Å². The van der Waals surface area contributed by atoms with E-state index in [0.717, 1.165) is 25.4 Å². The van der Waals surface area contributed by atoms with Gasteiger partial charge in [-0.25, -0.2) is 8.42 Å². The lowest BCUT2D eigenvalue weighted by atomic mass is 9.89. The molecule has 0 aliphatic carbocycles. The lowest BCUT2D eigenvalue weighted by Crippen LogP contribution is -2.45. The first-order chi connectivity index (χ1) is 7.89. The second-order valence-electron chi connectivity index (χ2n) is 4.95. The molecule has 1 aliphatic rings. The van der Waals surface area contributed by atoms with Gasteiger partial charge >= 0.3 is 0 Å². The molecule has 0 atom stereocenters. The van der Waals surface area contributed by atoms with Gasteiger partial charge in [0.2, 0.25) is 0 Å². The van der Waals surface area contributed by atoms with Crippen LogP contribution in [0.2, 0.25) is 0 Å². The molecule has 1 N–H and O–H groups in total. The fourth-order valence-corrected chi connectivity index (χ4v) is 2.32. The van der Waals surface area contributed by atoms with Crippen LogP contribution in [0, 0.1) is 5.41 Å². The Kier molecular flexibility index (Phi) is 3.14. The molecule has 0 aromatic heterocycles. The molecule has 1 heterocycles. The Labute approximate surface area is 102 Å². The average Bonchev–Trinajstić information content (AvgIpc) is 2.23. The van der Waals surface area contributed by atoms with Crippen molar-refractivity contribution in [3.05, 3.63) is 24.3 Å². The van der Waals surface area contributed by atoms with E-state index in [1.807, 2.05) is 0 Å². The van der Waals surface area contributed by atoms with Gasteiger partial charge in [0.1, 0.15) is 0 Å². The Hall–Kier alpha value is -1.07. The molecule has 1 saturated heterocycles. The first-order valence-electron chi connectivity index (χ1n) is 5.51. The Bertz CT molecular complexity index is 489. The van der Waals surface area contributed by atoms with E-state index < -0.39 is 9.84 Å². The van der Waals surface area contributed by atoms with Crippen molar-refractivity contribution < 1.29 is 13.2 Å². The highest BCUT2D eigenvalue weighted by Crippen LogP contribution is 2.26. The second kappa shape index (κ2) is 4.31. The average molecular weight is 255 g/mol. The lowest BCUT2D eigenvalue weighted by molar-refractivity contribution is -0.0924. The molecule has 0 unspecified atom stereocenters. The van der Waals surface area contributed by atoms with Gasteiger partial charge in [0.25, 0.3) is 0 Å². The van der Waals surface area contributed by atoms with Crippen LogP contribution in [0.25, 0.3) is 0 Å². The predicted octanol–water partition coefficient (Wildman–Crippen LogP) is 1.54. The number of nitrogens with one attached hydrogen (secondary N) is 1. The molecule has 5 heteroatoms. The van der Waals surface area contributed by atoms with E-state index in [9.17, 15) is 8.42 Å². The summed E-state index contributed by atoms with van der Waals surface area (Å²) in [6.45, 7) is 4.56. The van der Waals surface area contributed by atoms with Crippen LogP contribution >= 0.6 is 0 Å². The number of ether oxygens (including phenoxy) is 1. The molecule has 1 aromatic carbocycles. The molecule has 1 aromatic rings. The molecular weight excluding hydrogens is 238 g/mol. The first kappa shape index (κ1) is 12.4. The molecule has 4 nitrogen and oxygen atoms in total. The molecule has 0 bridgehead atoms. The summed E-state index contributed by atoms with van der Waals surface area (Å²) in [6.07, 6.45) is 1.21. The maximum atomic E-state index is 11.3. The minimum Gasteiger partial charge on any atom is -0.384 e. The summed E-state index contributed by atoms with van der Waals surface area (Å²) in [4.78, 5) is 0.348. The topological polar surface area (TPSA) is 55.4 Å². The van der Waals surface area contributed by atoms with E-state index in [1.165, 1.54) is 6.26 Å². The summed E-state index contributed by atoms with van der Waals surface area (Å²) in [7, 11) is -3.10. The van der Waals surface area contributed by atoms with Gasteiger partial charge in [-0.15, -0.1) is 0 Å². The SMILES string of the molecule is CC1(CNc2ccc(S(C)(=O)=O)cc2)COC1. The third kappa shape index (κ3) is 2.98. The van der Waals surface area contributed by atoms with Gasteiger partial charge in [0, 0.05) is 23.9 Å². The van der Waals surface area contributed by atoms with E-state index >= 15 is 0 Å². The fraction of sp³-hybridized carbons (Fsp3) is 0.500. The van der Waals surface area contributed by atoms with Crippen molar-refractivity contribution in [2.24, 2.45) is 5.41 Å². The number of hydrogen-bond acceptors (Lipinski definition) is 4. The van der Waals surface area contributed by atoms with E-state index in [-0.39, 0.29) is 5.41 Å². The van der Waals surface area contributed by atoms with Gasteiger partial charge in [0.05, 0.1) is 18.1 Å². The molecule has 2 rings (SSSR count). The van der Waals surface area contributed by atoms with Crippen molar-refractivity contribution in [1.82, 2.24) is 0 Å². The quantitative estimate of drug-likeness (QED) is 0.886. The zero-order valence-electron chi connectivity index (χ0n) is 10.1. The number of benzene rings is 1. The Morgan fingerprint density at radius 1 is 1.29 bits per heavy atom. The molecule has 0 spiro atoms. The molecule has 0 saturated carbocycles. The van der Waals surface area contributed by atoms with Crippen LogP contribution in [0.5, 0.6) is 0 Å². The molecule has 0 radical (unpaired) electrons. The normalized spacial score (nSPS) is 18.5. The van der Waals surface area contributed by atoms with Crippen LogP contribution in [0.3, 0.4) is 0 Å². The third-order valence-electron chi connectivity index (χ3n) is 2.90. The predicted molar refractivity (Wildman–Crippen MR) is 67.0 cm³/mol. The van der Waals surface area contributed by atoms with Crippen LogP contribution < -0.4 is 5.32 Å². The van der Waals surface area contributed by atoms with Crippen LogP contribution in [0.1, 0.15) is 6.92 Å². The summed E-state index contributed by atoms with van der Waals surface area (Å²) in [5.74, 6) is 0. The monoisotopic (exact) mass is 255 g/mol. The van der Waals surface area contributed by atoms with E-state index in [0.29, 0.717) is 4.90 Å². The zero-order chi connectivity index (χ0) is 12.5.